The first kappa shape index (κ1) is 17.9. The number of primary amides is 1. The molecule has 1 fully saturated rings. The summed E-state index contributed by atoms with van der Waals surface area (Å²) < 4.78 is 5.41. The second kappa shape index (κ2) is 6.73. The number of aromatic nitrogens is 4. The molecule has 2 bridgehead atoms. The van der Waals surface area contributed by atoms with E-state index in [0.29, 0.717) is 39.0 Å². The van der Waals surface area contributed by atoms with Crippen LogP contribution in [0.3, 0.4) is 0 Å². The monoisotopic (exact) mass is 410 g/mol. The van der Waals surface area contributed by atoms with E-state index in [9.17, 15) is 4.79 Å². The molecule has 1 amide bonds. The first-order chi connectivity index (χ1) is 14.1. The third-order valence-electron chi connectivity index (χ3n) is 5.83. The van der Waals surface area contributed by atoms with E-state index in [1.54, 1.807) is 31.8 Å². The van der Waals surface area contributed by atoms with Gasteiger partial charge in [0.05, 0.1) is 35.5 Å². The average molecular weight is 411 g/mol. The van der Waals surface area contributed by atoms with E-state index in [1.165, 1.54) is 0 Å². The molecule has 5 rings (SSSR count). The lowest BCUT2D eigenvalue weighted by Crippen LogP contribution is -2.41. The van der Waals surface area contributed by atoms with Crippen LogP contribution in [0.4, 0.5) is 5.69 Å². The molecule has 8 nitrogen and oxygen atoms in total. The Balaban J connectivity index is 1.58. The molecule has 2 aliphatic carbocycles. The van der Waals surface area contributed by atoms with Gasteiger partial charge in [-0.05, 0) is 24.3 Å². The Morgan fingerprint density at radius 1 is 1.34 bits per heavy atom. The van der Waals surface area contributed by atoms with Crippen molar-refractivity contribution in [1.29, 1.82) is 0 Å². The molecule has 0 spiro atoms. The van der Waals surface area contributed by atoms with Crippen molar-refractivity contribution < 1.29 is 9.53 Å². The van der Waals surface area contributed by atoms with Gasteiger partial charge in [-0.1, -0.05) is 23.8 Å². The first-order valence-corrected chi connectivity index (χ1v) is 9.71. The average Bonchev–Trinajstić information content (AvgIpc) is 3.44. The molecular formula is C20H19ClN6O2. The molecule has 1 saturated carbocycles. The van der Waals surface area contributed by atoms with E-state index < -0.39 is 0 Å². The maximum atomic E-state index is 12.1. The van der Waals surface area contributed by atoms with Crippen LogP contribution >= 0.6 is 11.6 Å². The Morgan fingerprint density at radius 2 is 2.17 bits per heavy atom. The van der Waals surface area contributed by atoms with Crippen LogP contribution in [0.25, 0.3) is 22.6 Å². The number of nitrogens with two attached hydrogens (primary N) is 1. The topological polar surface area (TPSA) is 119 Å². The van der Waals surface area contributed by atoms with Gasteiger partial charge >= 0.3 is 0 Å². The molecule has 3 aromatic rings. The highest BCUT2D eigenvalue weighted by atomic mass is 35.5. The number of halogens is 1. The number of anilines is 1. The molecule has 3 heterocycles. The maximum absolute atomic E-state index is 12.1. The van der Waals surface area contributed by atoms with Crippen molar-refractivity contribution >= 4 is 34.4 Å². The van der Waals surface area contributed by atoms with Gasteiger partial charge in [0.15, 0.2) is 5.65 Å². The summed E-state index contributed by atoms with van der Waals surface area (Å²) in [5, 5.41) is 3.91. The summed E-state index contributed by atoms with van der Waals surface area (Å²) in [5.41, 5.74) is 8.24. The predicted molar refractivity (Wildman–Crippen MR) is 110 cm³/mol. The Hall–Kier alpha value is -3.13. The molecule has 9 heteroatoms. The Bertz CT molecular complexity index is 1140. The number of rotatable bonds is 5. The maximum Gasteiger partial charge on any atom is 0.223 e. The fraction of sp³-hybridized carbons (Fsp3) is 0.300. The van der Waals surface area contributed by atoms with Crippen molar-refractivity contribution in [1.82, 2.24) is 19.9 Å². The molecule has 0 aromatic carbocycles. The molecule has 4 N–H and O–H groups in total. The number of nitrogens with zero attached hydrogens (tertiary/aromatic N) is 3. The van der Waals surface area contributed by atoms with E-state index in [-0.39, 0.29) is 29.7 Å². The standard InChI is InChI=1S/C20H19ClN6O2/c1-29-13-4-5-23-7-11(13)19-26-17-16(12(21)8-24-20(17)27-19)25-15-10-3-2-9(6-10)14(15)18(22)28/h2-5,7-10,14-15H,6H2,1H3,(H2,22,28)(H2,24,25,26,27)/t9-,10-,14+,15-/m1/s1. The van der Waals surface area contributed by atoms with E-state index in [1.807, 2.05) is 0 Å². The SMILES string of the molecule is COc1ccncc1-c1nc2ncc(Cl)c(N[C@H]3[C@@H](C(N)=O)[C@@H]4C=C[C@@H]3C4)c2[nH]1. The highest BCUT2D eigenvalue weighted by Gasteiger charge is 2.47. The molecular weight excluding hydrogens is 392 g/mol. The molecule has 0 radical (unpaired) electrons. The van der Waals surface area contributed by atoms with Crippen LogP contribution in [-0.4, -0.2) is 39.0 Å². The Labute approximate surface area is 171 Å². The Morgan fingerprint density at radius 3 is 2.97 bits per heavy atom. The number of carbonyl (C=O) groups excluding carboxylic acids is 1. The molecule has 0 aliphatic heterocycles. The normalized spacial score (nSPS) is 24.9. The van der Waals surface area contributed by atoms with Crippen molar-refractivity contribution in [2.45, 2.75) is 12.5 Å². The Kier molecular flexibility index (Phi) is 4.16. The zero-order chi connectivity index (χ0) is 20.1. The van der Waals surface area contributed by atoms with E-state index in [4.69, 9.17) is 22.1 Å². The summed E-state index contributed by atoms with van der Waals surface area (Å²) in [6, 6.07) is 1.64. The number of hydrogen-bond donors (Lipinski definition) is 3. The lowest BCUT2D eigenvalue weighted by molar-refractivity contribution is -0.122. The van der Waals surface area contributed by atoms with Gasteiger partial charge in [-0.3, -0.25) is 9.78 Å². The number of allylic oxidation sites excluding steroid dienone is 1. The van der Waals surface area contributed by atoms with Crippen LogP contribution in [-0.2, 0) is 4.79 Å². The number of imidazole rings is 1. The third-order valence-corrected chi connectivity index (χ3v) is 6.12. The van der Waals surface area contributed by atoms with Gasteiger partial charge in [0.1, 0.15) is 17.1 Å². The number of H-pyrrole nitrogens is 1. The molecule has 2 aliphatic rings. The molecule has 29 heavy (non-hydrogen) atoms. The summed E-state index contributed by atoms with van der Waals surface area (Å²) in [7, 11) is 1.59. The minimum Gasteiger partial charge on any atom is -0.496 e. The number of aromatic amines is 1. The van der Waals surface area contributed by atoms with Crippen molar-refractivity contribution in [2.75, 3.05) is 12.4 Å². The van der Waals surface area contributed by atoms with Crippen molar-refractivity contribution in [2.24, 2.45) is 23.5 Å². The van der Waals surface area contributed by atoms with Crippen LogP contribution in [0.1, 0.15) is 6.42 Å². The van der Waals surface area contributed by atoms with Crippen molar-refractivity contribution in [3.05, 3.63) is 41.8 Å². The van der Waals surface area contributed by atoms with Gasteiger partial charge in [0.2, 0.25) is 5.91 Å². The van der Waals surface area contributed by atoms with E-state index in [0.717, 1.165) is 6.42 Å². The lowest BCUT2D eigenvalue weighted by atomic mass is 9.88. The van der Waals surface area contributed by atoms with Gasteiger partial charge in [-0.2, -0.15) is 0 Å². The smallest absolute Gasteiger partial charge is 0.223 e. The number of methoxy groups -OCH3 is 1. The zero-order valence-corrected chi connectivity index (χ0v) is 16.3. The fourth-order valence-electron chi connectivity index (χ4n) is 4.51. The third kappa shape index (κ3) is 2.82. The van der Waals surface area contributed by atoms with Crippen molar-refractivity contribution in [3.8, 4) is 17.1 Å². The fourth-order valence-corrected chi connectivity index (χ4v) is 4.71. The first-order valence-electron chi connectivity index (χ1n) is 9.33. The summed E-state index contributed by atoms with van der Waals surface area (Å²) >= 11 is 6.48. The minimum absolute atomic E-state index is 0.120. The van der Waals surface area contributed by atoms with Crippen LogP contribution in [0.15, 0.2) is 36.8 Å². The molecule has 3 aromatic heterocycles. The molecule has 0 saturated heterocycles. The second-order valence-corrected chi connectivity index (χ2v) is 7.79. The van der Waals surface area contributed by atoms with Gasteiger partial charge in [0.25, 0.3) is 0 Å². The van der Waals surface area contributed by atoms with Crippen LogP contribution in [0, 0.1) is 17.8 Å². The minimum atomic E-state index is -0.300. The number of hydrogen-bond acceptors (Lipinski definition) is 6. The number of fused-ring (bicyclic) bond motifs is 3. The number of carbonyl (C=O) groups is 1. The van der Waals surface area contributed by atoms with Crippen LogP contribution < -0.4 is 15.8 Å². The predicted octanol–water partition coefficient (Wildman–Crippen LogP) is 2.77. The summed E-state index contributed by atoms with van der Waals surface area (Å²) in [6.07, 6.45) is 10.0. The molecule has 148 valence electrons. The molecule has 0 unspecified atom stereocenters. The summed E-state index contributed by atoms with van der Waals surface area (Å²) in [5.74, 6) is 1.05. The summed E-state index contributed by atoms with van der Waals surface area (Å²) in [6.45, 7) is 0. The molecule has 4 atom stereocenters. The van der Waals surface area contributed by atoms with E-state index >= 15 is 0 Å². The number of pyridine rings is 2. The second-order valence-electron chi connectivity index (χ2n) is 7.39. The number of ether oxygens (including phenoxy) is 1. The highest BCUT2D eigenvalue weighted by molar-refractivity contribution is 6.34. The highest BCUT2D eigenvalue weighted by Crippen LogP contribution is 2.46. The van der Waals surface area contributed by atoms with Gasteiger partial charge in [-0.15, -0.1) is 0 Å². The van der Waals surface area contributed by atoms with Crippen LogP contribution in [0.2, 0.25) is 5.02 Å². The van der Waals surface area contributed by atoms with E-state index in [2.05, 4.69) is 37.4 Å². The zero-order valence-electron chi connectivity index (χ0n) is 15.6. The van der Waals surface area contributed by atoms with Gasteiger partial charge < -0.3 is 20.8 Å². The lowest BCUT2D eigenvalue weighted by Gasteiger charge is -2.28. The largest absolute Gasteiger partial charge is 0.496 e. The van der Waals surface area contributed by atoms with Gasteiger partial charge in [-0.25, -0.2) is 9.97 Å². The summed E-state index contributed by atoms with van der Waals surface area (Å²) in [4.78, 5) is 28.4. The number of nitrogens with one attached hydrogen (secondary N) is 2. The van der Waals surface area contributed by atoms with Crippen molar-refractivity contribution in [3.63, 3.8) is 0 Å². The van der Waals surface area contributed by atoms with Gasteiger partial charge in [0, 0.05) is 18.4 Å². The van der Waals surface area contributed by atoms with Crippen LogP contribution in [0.5, 0.6) is 5.75 Å². The quantitative estimate of drug-likeness (QED) is 0.556. The number of amides is 1.